The van der Waals surface area contributed by atoms with Gasteiger partial charge in [0.25, 0.3) is 0 Å². The first kappa shape index (κ1) is 13.2. The first-order chi connectivity index (χ1) is 9.20. The molecule has 0 spiro atoms. The predicted octanol–water partition coefficient (Wildman–Crippen LogP) is 4.26. The molecule has 0 aliphatic rings. The van der Waals surface area contributed by atoms with Gasteiger partial charge in [0.2, 0.25) is 0 Å². The van der Waals surface area contributed by atoms with Crippen LogP contribution in [0.1, 0.15) is 36.5 Å². The van der Waals surface area contributed by atoms with Gasteiger partial charge in [-0.15, -0.1) is 0 Å². The summed E-state index contributed by atoms with van der Waals surface area (Å²) in [4.78, 5) is 0. The quantitative estimate of drug-likeness (QED) is 0.813. The maximum absolute atomic E-state index is 9.19. The van der Waals surface area contributed by atoms with E-state index >= 15 is 0 Å². The molecule has 2 rings (SSSR count). The summed E-state index contributed by atoms with van der Waals surface area (Å²) >= 11 is 0. The molecule has 0 N–H and O–H groups in total. The lowest BCUT2D eigenvalue weighted by Gasteiger charge is -2.11. The van der Waals surface area contributed by atoms with E-state index in [1.54, 1.807) is 0 Å². The van der Waals surface area contributed by atoms with Crippen LogP contribution in [0.2, 0.25) is 0 Å². The van der Waals surface area contributed by atoms with Crippen LogP contribution < -0.4 is 4.74 Å². The highest BCUT2D eigenvalue weighted by atomic mass is 16.5. The second kappa shape index (κ2) is 6.06. The number of hydrogen-bond acceptors (Lipinski definition) is 2. The number of rotatable bonds is 4. The summed E-state index contributed by atoms with van der Waals surface area (Å²) in [6.07, 6.45) is 0. The van der Waals surface area contributed by atoms with E-state index in [1.807, 2.05) is 48.5 Å². The van der Waals surface area contributed by atoms with E-state index in [0.29, 0.717) is 23.8 Å². The van der Waals surface area contributed by atoms with Crippen LogP contribution in [-0.4, -0.2) is 0 Å². The van der Waals surface area contributed by atoms with Gasteiger partial charge >= 0.3 is 0 Å². The lowest BCUT2D eigenvalue weighted by molar-refractivity contribution is 0.305. The molecule has 0 fully saturated rings. The molecule has 0 bridgehead atoms. The van der Waals surface area contributed by atoms with E-state index in [2.05, 4.69) is 19.9 Å². The summed E-state index contributed by atoms with van der Waals surface area (Å²) in [6, 6.07) is 18.0. The smallest absolute Gasteiger partial charge is 0.137 e. The molecule has 0 unspecified atom stereocenters. The average molecular weight is 251 g/mol. The van der Waals surface area contributed by atoms with Gasteiger partial charge in [-0.1, -0.05) is 50.2 Å². The molecule has 0 saturated heterocycles. The molecule has 0 radical (unpaired) electrons. The van der Waals surface area contributed by atoms with Crippen molar-refractivity contribution in [1.82, 2.24) is 0 Å². The summed E-state index contributed by atoms with van der Waals surface area (Å²) in [5, 5.41) is 9.19. The van der Waals surface area contributed by atoms with Gasteiger partial charge in [-0.3, -0.25) is 0 Å². The van der Waals surface area contributed by atoms with Crippen LogP contribution in [0, 0.1) is 11.3 Å². The monoisotopic (exact) mass is 251 g/mol. The number of ether oxygens (including phenoxy) is 1. The first-order valence-corrected chi connectivity index (χ1v) is 6.41. The highest BCUT2D eigenvalue weighted by Gasteiger charge is 2.07. The zero-order valence-corrected chi connectivity index (χ0v) is 11.3. The second-order valence-electron chi connectivity index (χ2n) is 4.80. The van der Waals surface area contributed by atoms with Crippen molar-refractivity contribution < 1.29 is 4.74 Å². The molecule has 0 saturated carbocycles. The highest BCUT2D eigenvalue weighted by Crippen LogP contribution is 2.24. The largest absolute Gasteiger partial charge is 0.488 e. The van der Waals surface area contributed by atoms with Gasteiger partial charge in [-0.2, -0.15) is 5.26 Å². The Bertz CT molecular complexity index is 582. The minimum atomic E-state index is 0.412. The van der Waals surface area contributed by atoms with Crippen LogP contribution in [0.5, 0.6) is 5.75 Å². The van der Waals surface area contributed by atoms with Crippen LogP contribution in [0.3, 0.4) is 0 Å². The Hall–Kier alpha value is -2.27. The fourth-order valence-electron chi connectivity index (χ4n) is 1.86. The molecule has 0 aromatic heterocycles. The fraction of sp³-hybridized carbons (Fsp3) is 0.235. The van der Waals surface area contributed by atoms with Crippen LogP contribution in [0.4, 0.5) is 0 Å². The minimum absolute atomic E-state index is 0.412. The average Bonchev–Trinajstić information content (AvgIpc) is 2.45. The van der Waals surface area contributed by atoms with Gasteiger partial charge in [0.15, 0.2) is 0 Å². The molecule has 0 heterocycles. The molecule has 2 heteroatoms. The van der Waals surface area contributed by atoms with Crippen LogP contribution in [0.25, 0.3) is 0 Å². The molecule has 0 aliphatic carbocycles. The van der Waals surface area contributed by atoms with Gasteiger partial charge in [0.05, 0.1) is 5.56 Å². The lowest BCUT2D eigenvalue weighted by Crippen LogP contribution is -1.98. The molecule has 0 amide bonds. The van der Waals surface area contributed by atoms with Crippen molar-refractivity contribution in [3.63, 3.8) is 0 Å². The lowest BCUT2D eigenvalue weighted by atomic mass is 10.0. The van der Waals surface area contributed by atoms with Gasteiger partial charge in [0, 0.05) is 0 Å². The van der Waals surface area contributed by atoms with E-state index in [9.17, 15) is 5.26 Å². The van der Waals surface area contributed by atoms with Crippen molar-refractivity contribution in [3.8, 4) is 11.8 Å². The van der Waals surface area contributed by atoms with Crippen molar-refractivity contribution in [2.45, 2.75) is 26.4 Å². The van der Waals surface area contributed by atoms with E-state index in [0.717, 1.165) is 11.1 Å². The molecular weight excluding hydrogens is 234 g/mol. The summed E-state index contributed by atoms with van der Waals surface area (Å²) < 4.78 is 5.73. The van der Waals surface area contributed by atoms with Crippen LogP contribution >= 0.6 is 0 Å². The van der Waals surface area contributed by atoms with Crippen LogP contribution in [0.15, 0.2) is 48.5 Å². The second-order valence-corrected chi connectivity index (χ2v) is 4.80. The molecule has 96 valence electrons. The Morgan fingerprint density at radius 2 is 1.84 bits per heavy atom. The normalized spacial score (nSPS) is 10.2. The number of nitriles is 1. The number of nitrogens with zero attached hydrogens (tertiary/aromatic N) is 1. The van der Waals surface area contributed by atoms with Crippen molar-refractivity contribution in [1.29, 1.82) is 5.26 Å². The molecule has 19 heavy (non-hydrogen) atoms. The van der Waals surface area contributed by atoms with Crippen molar-refractivity contribution in [2.24, 2.45) is 0 Å². The van der Waals surface area contributed by atoms with Crippen LogP contribution in [-0.2, 0) is 6.61 Å². The Morgan fingerprint density at radius 3 is 2.47 bits per heavy atom. The molecule has 2 aromatic rings. The third kappa shape index (κ3) is 3.35. The zero-order chi connectivity index (χ0) is 13.7. The third-order valence-electron chi connectivity index (χ3n) is 3.03. The Balaban J connectivity index is 2.15. The van der Waals surface area contributed by atoms with Crippen molar-refractivity contribution in [3.05, 3.63) is 65.2 Å². The number of benzene rings is 2. The van der Waals surface area contributed by atoms with Gasteiger partial charge in [-0.05, 0) is 29.2 Å². The topological polar surface area (TPSA) is 33.0 Å². The van der Waals surface area contributed by atoms with E-state index in [-0.39, 0.29) is 0 Å². The molecule has 0 aliphatic heterocycles. The Morgan fingerprint density at radius 1 is 1.11 bits per heavy atom. The molecule has 0 atom stereocenters. The Kier molecular flexibility index (Phi) is 4.20. The minimum Gasteiger partial charge on any atom is -0.488 e. The van der Waals surface area contributed by atoms with E-state index in [4.69, 9.17) is 4.74 Å². The Labute approximate surface area is 114 Å². The SMILES string of the molecule is CC(C)c1ccc(OCc2ccccc2)c(C#N)c1. The summed E-state index contributed by atoms with van der Waals surface area (Å²) in [6.45, 7) is 4.71. The maximum Gasteiger partial charge on any atom is 0.137 e. The fourth-order valence-corrected chi connectivity index (χ4v) is 1.86. The zero-order valence-electron chi connectivity index (χ0n) is 11.3. The third-order valence-corrected chi connectivity index (χ3v) is 3.03. The van der Waals surface area contributed by atoms with E-state index < -0.39 is 0 Å². The highest BCUT2D eigenvalue weighted by molar-refractivity contribution is 5.46. The first-order valence-electron chi connectivity index (χ1n) is 6.41. The summed E-state index contributed by atoms with van der Waals surface area (Å²) in [5.74, 6) is 1.06. The van der Waals surface area contributed by atoms with E-state index in [1.165, 1.54) is 0 Å². The summed E-state index contributed by atoms with van der Waals surface area (Å²) in [5.41, 5.74) is 2.85. The van der Waals surface area contributed by atoms with Crippen molar-refractivity contribution in [2.75, 3.05) is 0 Å². The molecule has 2 aromatic carbocycles. The predicted molar refractivity (Wildman–Crippen MR) is 76.0 cm³/mol. The number of hydrogen-bond donors (Lipinski definition) is 0. The van der Waals surface area contributed by atoms with Crippen molar-refractivity contribution >= 4 is 0 Å². The summed E-state index contributed by atoms with van der Waals surface area (Å²) in [7, 11) is 0. The van der Waals surface area contributed by atoms with Gasteiger partial charge in [0.1, 0.15) is 18.4 Å². The molecular formula is C17H17NO. The molecule has 2 nitrogen and oxygen atoms in total. The maximum atomic E-state index is 9.19. The van der Waals surface area contributed by atoms with Gasteiger partial charge in [-0.25, -0.2) is 0 Å². The van der Waals surface area contributed by atoms with Gasteiger partial charge < -0.3 is 4.74 Å². The standard InChI is InChI=1S/C17H17NO/c1-13(2)15-8-9-17(16(10-15)11-18)19-12-14-6-4-3-5-7-14/h3-10,13H,12H2,1-2H3.